The second-order valence-electron chi connectivity index (χ2n) is 3.00. The van der Waals surface area contributed by atoms with Gasteiger partial charge in [-0.05, 0) is 19.8 Å². The molecule has 0 radical (unpaired) electrons. The fourth-order valence-electron chi connectivity index (χ4n) is 1.20. The van der Waals surface area contributed by atoms with Gasteiger partial charge in [-0.1, -0.05) is 26.7 Å². The Balaban J connectivity index is 3.71. The van der Waals surface area contributed by atoms with Gasteiger partial charge < -0.3 is 4.74 Å². The van der Waals surface area contributed by atoms with Crippen molar-refractivity contribution in [1.29, 1.82) is 0 Å². The summed E-state index contributed by atoms with van der Waals surface area (Å²) in [4.78, 5) is 11.3. The average molecular weight is 172 g/mol. The van der Waals surface area contributed by atoms with Crippen molar-refractivity contribution in [2.45, 2.75) is 46.5 Å². The number of ether oxygens (including phenoxy) is 1. The maximum atomic E-state index is 11.3. The Labute approximate surface area is 75.3 Å². The highest BCUT2D eigenvalue weighted by molar-refractivity contribution is 5.72. The predicted octanol–water partition coefficient (Wildman–Crippen LogP) is 2.77. The zero-order valence-electron chi connectivity index (χ0n) is 8.43. The quantitative estimate of drug-likeness (QED) is 0.576. The highest BCUT2D eigenvalue weighted by Gasteiger charge is 2.15. The Morgan fingerprint density at radius 2 is 2.00 bits per heavy atom. The minimum Gasteiger partial charge on any atom is -0.466 e. The Kier molecular flexibility index (Phi) is 6.82. The van der Waals surface area contributed by atoms with E-state index in [0.717, 1.165) is 25.7 Å². The van der Waals surface area contributed by atoms with Crippen molar-refractivity contribution < 1.29 is 9.53 Å². The van der Waals surface area contributed by atoms with Crippen molar-refractivity contribution >= 4 is 5.97 Å². The van der Waals surface area contributed by atoms with Crippen molar-refractivity contribution in [2.24, 2.45) is 5.92 Å². The Morgan fingerprint density at radius 3 is 2.42 bits per heavy atom. The van der Waals surface area contributed by atoms with E-state index < -0.39 is 0 Å². The van der Waals surface area contributed by atoms with Gasteiger partial charge in [0.15, 0.2) is 0 Å². The van der Waals surface area contributed by atoms with E-state index in [1.54, 1.807) is 0 Å². The highest BCUT2D eigenvalue weighted by Crippen LogP contribution is 2.13. The molecule has 0 aliphatic carbocycles. The Bertz CT molecular complexity index is 121. The van der Waals surface area contributed by atoms with Gasteiger partial charge in [-0.2, -0.15) is 0 Å². The van der Waals surface area contributed by atoms with Crippen LogP contribution in [0.3, 0.4) is 0 Å². The molecule has 72 valence electrons. The van der Waals surface area contributed by atoms with Crippen LogP contribution in [0.5, 0.6) is 0 Å². The Morgan fingerprint density at radius 1 is 1.33 bits per heavy atom. The molecular weight excluding hydrogens is 152 g/mol. The van der Waals surface area contributed by atoms with Gasteiger partial charge in [0, 0.05) is 0 Å². The standard InChI is InChI=1S/C10H20O2/c1-4-7-8-9(5-2)10(11)12-6-3/h9H,4-8H2,1-3H3/t9-/m0/s1. The van der Waals surface area contributed by atoms with Gasteiger partial charge in [0.05, 0.1) is 12.5 Å². The summed E-state index contributed by atoms with van der Waals surface area (Å²) in [6.07, 6.45) is 4.15. The number of carbonyl (C=O) groups excluding carboxylic acids is 1. The van der Waals surface area contributed by atoms with E-state index in [2.05, 4.69) is 6.92 Å². The highest BCUT2D eigenvalue weighted by atomic mass is 16.5. The summed E-state index contributed by atoms with van der Waals surface area (Å²) < 4.78 is 4.95. The largest absolute Gasteiger partial charge is 0.466 e. The van der Waals surface area contributed by atoms with Crippen molar-refractivity contribution in [3.8, 4) is 0 Å². The molecule has 12 heavy (non-hydrogen) atoms. The predicted molar refractivity (Wildman–Crippen MR) is 49.9 cm³/mol. The van der Waals surface area contributed by atoms with E-state index in [1.165, 1.54) is 0 Å². The van der Waals surface area contributed by atoms with Gasteiger partial charge in [0.2, 0.25) is 0 Å². The Hall–Kier alpha value is -0.530. The molecule has 0 unspecified atom stereocenters. The van der Waals surface area contributed by atoms with Crippen LogP contribution >= 0.6 is 0 Å². The number of carbonyl (C=O) groups is 1. The smallest absolute Gasteiger partial charge is 0.308 e. The minimum atomic E-state index is -0.0200. The van der Waals surface area contributed by atoms with E-state index in [-0.39, 0.29) is 11.9 Å². The van der Waals surface area contributed by atoms with Crippen LogP contribution in [0.1, 0.15) is 46.5 Å². The third-order valence-corrected chi connectivity index (χ3v) is 2.02. The second-order valence-corrected chi connectivity index (χ2v) is 3.00. The van der Waals surface area contributed by atoms with Crippen LogP contribution < -0.4 is 0 Å². The van der Waals surface area contributed by atoms with E-state index in [0.29, 0.717) is 6.61 Å². The van der Waals surface area contributed by atoms with Crippen LogP contribution in [0.15, 0.2) is 0 Å². The van der Waals surface area contributed by atoms with Crippen LogP contribution in [0.25, 0.3) is 0 Å². The molecule has 0 bridgehead atoms. The SMILES string of the molecule is CCCC[C@H](CC)C(=O)OCC. The van der Waals surface area contributed by atoms with Crippen molar-refractivity contribution in [3.05, 3.63) is 0 Å². The summed E-state index contributed by atoms with van der Waals surface area (Å²) in [6, 6.07) is 0. The normalized spacial score (nSPS) is 12.6. The first-order valence-corrected chi connectivity index (χ1v) is 4.92. The van der Waals surface area contributed by atoms with Crippen LogP contribution in [-0.4, -0.2) is 12.6 Å². The molecule has 0 N–H and O–H groups in total. The van der Waals surface area contributed by atoms with Gasteiger partial charge in [0.25, 0.3) is 0 Å². The first-order chi connectivity index (χ1) is 5.76. The molecule has 0 fully saturated rings. The molecule has 0 saturated heterocycles. The number of hydrogen-bond acceptors (Lipinski definition) is 2. The number of rotatable bonds is 6. The zero-order valence-corrected chi connectivity index (χ0v) is 8.43. The van der Waals surface area contributed by atoms with Crippen LogP contribution in [0.2, 0.25) is 0 Å². The lowest BCUT2D eigenvalue weighted by molar-refractivity contribution is -0.148. The molecule has 0 spiro atoms. The van der Waals surface area contributed by atoms with Gasteiger partial charge in [-0.15, -0.1) is 0 Å². The van der Waals surface area contributed by atoms with Crippen molar-refractivity contribution in [2.75, 3.05) is 6.61 Å². The molecule has 0 amide bonds. The molecule has 0 aromatic rings. The summed E-state index contributed by atoms with van der Waals surface area (Å²) >= 11 is 0. The second kappa shape index (κ2) is 7.14. The van der Waals surface area contributed by atoms with E-state index in [1.807, 2.05) is 13.8 Å². The minimum absolute atomic E-state index is 0.0200. The summed E-state index contributed by atoms with van der Waals surface area (Å²) in [5, 5.41) is 0. The molecule has 0 heterocycles. The first kappa shape index (κ1) is 11.5. The van der Waals surface area contributed by atoms with Gasteiger partial charge in [-0.25, -0.2) is 0 Å². The van der Waals surface area contributed by atoms with Gasteiger partial charge in [-0.3, -0.25) is 4.79 Å². The summed E-state index contributed by atoms with van der Waals surface area (Å²) in [5.74, 6) is 0.110. The number of unbranched alkanes of at least 4 members (excludes halogenated alkanes) is 1. The summed E-state index contributed by atoms with van der Waals surface area (Å²) in [5.41, 5.74) is 0. The molecule has 0 aromatic heterocycles. The third kappa shape index (κ3) is 4.37. The molecule has 2 nitrogen and oxygen atoms in total. The molecule has 0 rings (SSSR count). The first-order valence-electron chi connectivity index (χ1n) is 4.92. The maximum Gasteiger partial charge on any atom is 0.308 e. The molecule has 2 heteroatoms. The van der Waals surface area contributed by atoms with Crippen molar-refractivity contribution in [1.82, 2.24) is 0 Å². The lowest BCUT2D eigenvalue weighted by Crippen LogP contribution is -2.16. The molecule has 0 saturated carbocycles. The topological polar surface area (TPSA) is 26.3 Å². The summed E-state index contributed by atoms with van der Waals surface area (Å²) in [7, 11) is 0. The van der Waals surface area contributed by atoms with Crippen LogP contribution in [0, 0.1) is 5.92 Å². The molecular formula is C10H20O2. The third-order valence-electron chi connectivity index (χ3n) is 2.02. The zero-order chi connectivity index (χ0) is 9.40. The number of esters is 1. The van der Waals surface area contributed by atoms with E-state index >= 15 is 0 Å². The van der Waals surface area contributed by atoms with E-state index in [4.69, 9.17) is 4.74 Å². The molecule has 0 aliphatic rings. The fraction of sp³-hybridized carbons (Fsp3) is 0.900. The van der Waals surface area contributed by atoms with Crippen molar-refractivity contribution in [3.63, 3.8) is 0 Å². The average Bonchev–Trinajstić information content (AvgIpc) is 2.06. The lowest BCUT2D eigenvalue weighted by Gasteiger charge is -2.12. The fourth-order valence-corrected chi connectivity index (χ4v) is 1.20. The molecule has 0 aromatic carbocycles. The van der Waals surface area contributed by atoms with Gasteiger partial charge in [0.1, 0.15) is 0 Å². The summed E-state index contributed by atoms with van der Waals surface area (Å²) in [6.45, 7) is 6.53. The van der Waals surface area contributed by atoms with Crippen LogP contribution in [0.4, 0.5) is 0 Å². The lowest BCUT2D eigenvalue weighted by atomic mass is 10.00. The van der Waals surface area contributed by atoms with Gasteiger partial charge >= 0.3 is 5.97 Å². The molecule has 1 atom stereocenters. The van der Waals surface area contributed by atoms with E-state index in [9.17, 15) is 4.79 Å². The van der Waals surface area contributed by atoms with Crippen LogP contribution in [-0.2, 0) is 9.53 Å². The maximum absolute atomic E-state index is 11.3. The molecule has 0 aliphatic heterocycles. The number of hydrogen-bond donors (Lipinski definition) is 0. The monoisotopic (exact) mass is 172 g/mol.